The molecule has 38 heavy (non-hydrogen) atoms. The van der Waals surface area contributed by atoms with Crippen LogP contribution in [0.4, 0.5) is 5.69 Å². The Labute approximate surface area is 218 Å². The molecule has 2 aliphatic rings. The SMILES string of the molecule is N#CC(C#N)=C1c2ccccc2-c2ccc(-c3cnc4c5c(ccc4c3)C=C(c3cncnc3)CN5)cc21. The van der Waals surface area contributed by atoms with Crippen molar-refractivity contribution in [1.82, 2.24) is 15.0 Å². The lowest BCUT2D eigenvalue weighted by Crippen LogP contribution is -2.11. The first-order valence-electron chi connectivity index (χ1n) is 12.2. The molecule has 3 aromatic carbocycles. The molecule has 0 atom stereocenters. The van der Waals surface area contributed by atoms with Crippen molar-refractivity contribution in [3.63, 3.8) is 0 Å². The van der Waals surface area contributed by atoms with Crippen LogP contribution in [0.15, 0.2) is 91.2 Å². The molecule has 6 heteroatoms. The Balaban J connectivity index is 1.32. The highest BCUT2D eigenvalue weighted by Crippen LogP contribution is 2.47. The lowest BCUT2D eigenvalue weighted by molar-refractivity contribution is 1.14. The number of nitrogens with zero attached hydrogens (tertiary/aromatic N) is 5. The number of nitriles is 2. The third-order valence-corrected chi connectivity index (χ3v) is 7.18. The topological polar surface area (TPSA) is 98.3 Å². The second kappa shape index (κ2) is 8.51. The van der Waals surface area contributed by atoms with Crippen LogP contribution in [0, 0.1) is 22.7 Å². The van der Waals surface area contributed by atoms with Crippen LogP contribution in [0.5, 0.6) is 0 Å². The average Bonchev–Trinajstić information content (AvgIpc) is 3.31. The molecule has 0 spiro atoms. The van der Waals surface area contributed by atoms with E-state index in [9.17, 15) is 10.5 Å². The van der Waals surface area contributed by atoms with Gasteiger partial charge in [-0.05, 0) is 51.6 Å². The molecule has 176 valence electrons. The van der Waals surface area contributed by atoms with E-state index in [2.05, 4.69) is 69.9 Å². The number of aromatic nitrogens is 3. The summed E-state index contributed by atoms with van der Waals surface area (Å²) in [5, 5.41) is 23.9. The molecule has 5 aromatic rings. The molecule has 7 rings (SSSR count). The number of nitrogens with one attached hydrogen (secondary N) is 1. The summed E-state index contributed by atoms with van der Waals surface area (Å²) in [6.45, 7) is 0.670. The second-order valence-electron chi connectivity index (χ2n) is 9.26. The predicted molar refractivity (Wildman–Crippen MR) is 148 cm³/mol. The van der Waals surface area contributed by atoms with E-state index in [4.69, 9.17) is 4.98 Å². The highest BCUT2D eigenvalue weighted by Gasteiger charge is 2.27. The largest absolute Gasteiger partial charge is 0.379 e. The number of hydrogen-bond acceptors (Lipinski definition) is 6. The molecule has 1 N–H and O–H groups in total. The summed E-state index contributed by atoms with van der Waals surface area (Å²) < 4.78 is 0. The van der Waals surface area contributed by atoms with E-state index in [1.54, 1.807) is 0 Å². The van der Waals surface area contributed by atoms with Gasteiger partial charge >= 0.3 is 0 Å². The van der Waals surface area contributed by atoms with Crippen molar-refractivity contribution < 1.29 is 0 Å². The van der Waals surface area contributed by atoms with Crippen LogP contribution in [-0.2, 0) is 0 Å². The molecule has 6 nitrogen and oxygen atoms in total. The van der Waals surface area contributed by atoms with Crippen LogP contribution < -0.4 is 5.32 Å². The molecule has 0 unspecified atom stereocenters. The minimum absolute atomic E-state index is 0.122. The van der Waals surface area contributed by atoms with E-state index in [1.165, 1.54) is 6.33 Å². The van der Waals surface area contributed by atoms with Crippen LogP contribution in [-0.4, -0.2) is 21.5 Å². The fraction of sp³-hybridized carbons (Fsp3) is 0.0312. The van der Waals surface area contributed by atoms with Gasteiger partial charge in [0.25, 0.3) is 0 Å². The minimum Gasteiger partial charge on any atom is -0.379 e. The van der Waals surface area contributed by atoms with Gasteiger partial charge in [-0.25, -0.2) is 9.97 Å². The van der Waals surface area contributed by atoms with Crippen LogP contribution in [0.25, 0.3) is 50.4 Å². The first kappa shape index (κ1) is 21.7. The van der Waals surface area contributed by atoms with Gasteiger partial charge in [-0.1, -0.05) is 48.5 Å². The molecule has 2 aromatic heterocycles. The normalized spacial score (nSPS) is 12.9. The van der Waals surface area contributed by atoms with Crippen molar-refractivity contribution in [3.8, 4) is 34.4 Å². The van der Waals surface area contributed by atoms with Crippen molar-refractivity contribution in [2.45, 2.75) is 0 Å². The lowest BCUT2D eigenvalue weighted by Gasteiger charge is -2.20. The summed E-state index contributed by atoms with van der Waals surface area (Å²) >= 11 is 0. The Bertz CT molecular complexity index is 1920. The summed E-state index contributed by atoms with van der Waals surface area (Å²) in [6, 6.07) is 24.6. The molecule has 3 heterocycles. The maximum atomic E-state index is 9.66. The molecule has 0 amide bonds. The molecule has 0 radical (unpaired) electrons. The summed E-state index contributed by atoms with van der Waals surface area (Å²) in [4.78, 5) is 13.1. The van der Waals surface area contributed by atoms with E-state index in [0.717, 1.165) is 66.7 Å². The quantitative estimate of drug-likeness (QED) is 0.281. The Hall–Kier alpha value is -5.59. The molecule has 1 aliphatic carbocycles. The summed E-state index contributed by atoms with van der Waals surface area (Å²) in [5.41, 5.74) is 11.8. The molecule has 0 fully saturated rings. The number of allylic oxidation sites excluding steroid dienone is 1. The van der Waals surface area contributed by atoms with Gasteiger partial charge in [-0.2, -0.15) is 10.5 Å². The van der Waals surface area contributed by atoms with Gasteiger partial charge in [0.1, 0.15) is 24.0 Å². The van der Waals surface area contributed by atoms with Crippen LogP contribution >= 0.6 is 0 Å². The summed E-state index contributed by atoms with van der Waals surface area (Å²) in [6.07, 6.45) is 9.23. The molecular formula is C32H18N6. The highest BCUT2D eigenvalue weighted by atomic mass is 14.9. The smallest absolute Gasteiger partial charge is 0.138 e. The molecular weight excluding hydrogens is 468 g/mol. The summed E-state index contributed by atoms with van der Waals surface area (Å²) in [5.74, 6) is 0. The number of anilines is 1. The van der Waals surface area contributed by atoms with Gasteiger partial charge in [0.2, 0.25) is 0 Å². The van der Waals surface area contributed by atoms with Gasteiger partial charge in [0, 0.05) is 52.8 Å². The van der Waals surface area contributed by atoms with Gasteiger partial charge in [-0.3, -0.25) is 4.98 Å². The van der Waals surface area contributed by atoms with Gasteiger partial charge in [0.15, 0.2) is 0 Å². The van der Waals surface area contributed by atoms with E-state index >= 15 is 0 Å². The lowest BCUT2D eigenvalue weighted by atomic mass is 9.95. The number of benzene rings is 3. The molecule has 1 aliphatic heterocycles. The summed E-state index contributed by atoms with van der Waals surface area (Å²) in [7, 11) is 0. The predicted octanol–water partition coefficient (Wildman–Crippen LogP) is 6.49. The highest BCUT2D eigenvalue weighted by molar-refractivity contribution is 6.05. The number of fused-ring (bicyclic) bond motifs is 6. The zero-order chi connectivity index (χ0) is 25.6. The second-order valence-corrected chi connectivity index (χ2v) is 9.26. The Morgan fingerprint density at radius 1 is 0.763 bits per heavy atom. The fourth-order valence-electron chi connectivity index (χ4n) is 5.41. The fourth-order valence-corrected chi connectivity index (χ4v) is 5.41. The van der Waals surface area contributed by atoms with Crippen LogP contribution in [0.2, 0.25) is 0 Å². The van der Waals surface area contributed by atoms with E-state index < -0.39 is 0 Å². The average molecular weight is 487 g/mol. The van der Waals surface area contributed by atoms with E-state index in [-0.39, 0.29) is 5.57 Å². The van der Waals surface area contributed by atoms with Crippen LogP contribution in [0.3, 0.4) is 0 Å². The van der Waals surface area contributed by atoms with Crippen molar-refractivity contribution in [2.75, 3.05) is 11.9 Å². The van der Waals surface area contributed by atoms with Gasteiger partial charge in [-0.15, -0.1) is 0 Å². The first-order valence-corrected chi connectivity index (χ1v) is 12.2. The zero-order valence-electron chi connectivity index (χ0n) is 20.1. The van der Waals surface area contributed by atoms with E-state index in [0.29, 0.717) is 12.1 Å². The maximum Gasteiger partial charge on any atom is 0.138 e. The van der Waals surface area contributed by atoms with Gasteiger partial charge < -0.3 is 5.32 Å². The van der Waals surface area contributed by atoms with Crippen molar-refractivity contribution >= 4 is 33.8 Å². The maximum absolute atomic E-state index is 9.66. The third kappa shape index (κ3) is 3.29. The molecule has 0 saturated heterocycles. The molecule has 0 saturated carbocycles. The van der Waals surface area contributed by atoms with Crippen LogP contribution in [0.1, 0.15) is 22.3 Å². The standard InChI is InChI=1S/C32H18N6/c33-12-24(13-34)30-28-4-2-1-3-26(28)27-8-7-19(11-29(27)30)22-9-20-5-6-21-10-23(25-14-35-18-36-15-25)17-38-32(21)31(20)37-16-22/h1-11,14-16,18,38H,17H2. The number of pyridine rings is 1. The molecule has 0 bridgehead atoms. The van der Waals surface area contributed by atoms with Crippen molar-refractivity contribution in [1.29, 1.82) is 10.5 Å². The Morgan fingerprint density at radius 3 is 2.37 bits per heavy atom. The first-order chi connectivity index (χ1) is 18.7. The minimum atomic E-state index is 0.122. The van der Waals surface area contributed by atoms with Crippen molar-refractivity contribution in [3.05, 3.63) is 113 Å². The zero-order valence-corrected chi connectivity index (χ0v) is 20.1. The Kier molecular flexibility index (Phi) is 4.86. The van der Waals surface area contributed by atoms with Crippen molar-refractivity contribution in [2.24, 2.45) is 0 Å². The number of hydrogen-bond donors (Lipinski definition) is 1. The monoisotopic (exact) mass is 486 g/mol. The van der Waals surface area contributed by atoms with E-state index in [1.807, 2.05) is 42.9 Å². The van der Waals surface area contributed by atoms with Gasteiger partial charge in [0.05, 0.1) is 11.2 Å². The number of rotatable bonds is 2. The third-order valence-electron chi connectivity index (χ3n) is 7.18. The Morgan fingerprint density at radius 2 is 1.55 bits per heavy atom.